The largest absolute Gasteiger partial charge is 0.367 e. The first-order chi connectivity index (χ1) is 16.2. The molecule has 13 heteroatoms. The van der Waals surface area contributed by atoms with Crippen LogP contribution in [0.15, 0.2) is 47.5 Å². The maximum absolute atomic E-state index is 13.3. The van der Waals surface area contributed by atoms with Gasteiger partial charge in [-0.05, 0) is 42.9 Å². The Bertz CT molecular complexity index is 1300. The van der Waals surface area contributed by atoms with Gasteiger partial charge in [0.15, 0.2) is 5.69 Å². The van der Waals surface area contributed by atoms with E-state index >= 15 is 0 Å². The Hall–Kier alpha value is -2.38. The van der Waals surface area contributed by atoms with Gasteiger partial charge in [0, 0.05) is 22.9 Å². The van der Waals surface area contributed by atoms with Crippen molar-refractivity contribution in [2.45, 2.75) is 31.8 Å². The predicted octanol–water partition coefficient (Wildman–Crippen LogP) is 3.17. The van der Waals surface area contributed by atoms with Gasteiger partial charge in [-0.1, -0.05) is 39.7 Å². The second-order valence-electron chi connectivity index (χ2n) is 8.06. The van der Waals surface area contributed by atoms with E-state index < -0.39 is 16.1 Å². The highest BCUT2D eigenvalue weighted by Crippen LogP contribution is 2.30. The highest BCUT2D eigenvalue weighted by molar-refractivity contribution is 9.10. The summed E-state index contributed by atoms with van der Waals surface area (Å²) in [5.74, 6) is 0.00352. The summed E-state index contributed by atoms with van der Waals surface area (Å²) in [6.45, 7) is 0.477. The molecule has 34 heavy (non-hydrogen) atoms. The van der Waals surface area contributed by atoms with Crippen LogP contribution in [0.5, 0.6) is 0 Å². The van der Waals surface area contributed by atoms with Crippen molar-refractivity contribution in [1.29, 1.82) is 0 Å². The van der Waals surface area contributed by atoms with Gasteiger partial charge in [0.05, 0.1) is 23.7 Å². The number of aromatic nitrogens is 4. The van der Waals surface area contributed by atoms with Crippen LogP contribution in [0, 0.1) is 5.92 Å². The summed E-state index contributed by atoms with van der Waals surface area (Å²) in [5, 5.41) is 12.8. The van der Waals surface area contributed by atoms with Crippen molar-refractivity contribution >= 4 is 49.4 Å². The molecule has 3 aromatic rings. The van der Waals surface area contributed by atoms with Gasteiger partial charge in [0.2, 0.25) is 5.78 Å². The standard InChI is InChI=1S/C21H22BrClN6O4S/c22-15-3-1-2-13(6-15)9-29-10-18(23)19(28-29)20(30)17-8-25-12-26-21(17)27-16-5-4-14(7-16)11-33-34(24,31)32/h1-3,6,8,10,12,14,16H,4-5,7,9,11H2,(H2,24,31,32)(H,25,26,27)/t14-,16+/m1/s1. The van der Waals surface area contributed by atoms with E-state index in [0.717, 1.165) is 22.9 Å². The molecule has 0 amide bonds. The summed E-state index contributed by atoms with van der Waals surface area (Å²) in [7, 11) is -3.97. The zero-order valence-corrected chi connectivity index (χ0v) is 21.1. The molecule has 1 aromatic carbocycles. The van der Waals surface area contributed by atoms with Gasteiger partial charge >= 0.3 is 10.3 Å². The van der Waals surface area contributed by atoms with Crippen LogP contribution in [-0.2, 0) is 21.0 Å². The number of nitrogens with one attached hydrogen (secondary N) is 1. The van der Waals surface area contributed by atoms with E-state index in [9.17, 15) is 13.2 Å². The van der Waals surface area contributed by atoms with Crippen molar-refractivity contribution in [3.05, 3.63) is 69.3 Å². The first kappa shape index (κ1) is 24.7. The molecule has 0 bridgehead atoms. The number of benzene rings is 1. The number of ketones is 1. The second-order valence-corrected chi connectivity index (χ2v) is 10.6. The minimum absolute atomic E-state index is 0.0138. The van der Waals surface area contributed by atoms with Crippen LogP contribution in [0.3, 0.4) is 0 Å². The minimum atomic E-state index is -3.97. The molecule has 1 aliphatic carbocycles. The number of carbonyl (C=O) groups is 1. The van der Waals surface area contributed by atoms with Gasteiger partial charge in [-0.25, -0.2) is 15.1 Å². The molecule has 10 nitrogen and oxygen atoms in total. The van der Waals surface area contributed by atoms with E-state index in [4.69, 9.17) is 20.9 Å². The van der Waals surface area contributed by atoms with Crippen molar-refractivity contribution in [2.75, 3.05) is 11.9 Å². The molecule has 2 aromatic heterocycles. The molecular weight excluding hydrogens is 548 g/mol. The molecule has 1 aliphatic rings. The van der Waals surface area contributed by atoms with Gasteiger partial charge in [-0.15, -0.1) is 0 Å². The zero-order valence-electron chi connectivity index (χ0n) is 17.9. The number of nitrogens with two attached hydrogens (primary N) is 1. The molecule has 1 saturated carbocycles. The van der Waals surface area contributed by atoms with Crippen LogP contribution < -0.4 is 10.5 Å². The van der Waals surface area contributed by atoms with Crippen molar-refractivity contribution in [2.24, 2.45) is 11.1 Å². The fourth-order valence-electron chi connectivity index (χ4n) is 3.93. The van der Waals surface area contributed by atoms with E-state index in [1.165, 1.54) is 12.5 Å². The topological polar surface area (TPSA) is 142 Å². The highest BCUT2D eigenvalue weighted by Gasteiger charge is 2.28. The summed E-state index contributed by atoms with van der Waals surface area (Å²) in [4.78, 5) is 21.5. The van der Waals surface area contributed by atoms with Gasteiger partial charge in [0.25, 0.3) is 0 Å². The van der Waals surface area contributed by atoms with Crippen molar-refractivity contribution < 1.29 is 17.4 Å². The lowest BCUT2D eigenvalue weighted by Crippen LogP contribution is -2.22. The smallest absolute Gasteiger partial charge is 0.333 e. The van der Waals surface area contributed by atoms with Gasteiger partial charge < -0.3 is 5.32 Å². The lowest BCUT2D eigenvalue weighted by atomic mass is 10.1. The van der Waals surface area contributed by atoms with Crippen molar-refractivity contribution in [3.8, 4) is 0 Å². The van der Waals surface area contributed by atoms with E-state index in [2.05, 4.69) is 36.3 Å². The predicted molar refractivity (Wildman–Crippen MR) is 130 cm³/mol. The SMILES string of the molecule is NS(=O)(=O)OC[C@@H]1CC[C@H](Nc2ncncc2C(=O)c2nn(Cc3cccc(Br)c3)cc2Cl)C1. The molecule has 0 saturated heterocycles. The van der Waals surface area contributed by atoms with Crippen LogP contribution >= 0.6 is 27.5 Å². The molecular formula is C21H22BrClN6O4S. The number of halogens is 2. The summed E-state index contributed by atoms with van der Waals surface area (Å²) < 4.78 is 29.3. The lowest BCUT2D eigenvalue weighted by Gasteiger charge is -2.15. The molecule has 3 N–H and O–H groups in total. The fraction of sp³-hybridized carbons (Fsp3) is 0.333. The van der Waals surface area contributed by atoms with E-state index in [1.807, 2.05) is 24.3 Å². The van der Waals surface area contributed by atoms with E-state index in [0.29, 0.717) is 18.8 Å². The average molecular weight is 570 g/mol. The maximum Gasteiger partial charge on any atom is 0.333 e. The molecule has 0 radical (unpaired) electrons. The molecule has 0 unspecified atom stereocenters. The average Bonchev–Trinajstić information content (AvgIpc) is 3.38. The van der Waals surface area contributed by atoms with Gasteiger partial charge in [-0.2, -0.15) is 13.5 Å². The fourth-order valence-corrected chi connectivity index (χ4v) is 5.00. The third-order valence-corrected chi connectivity index (χ3v) is 6.71. The molecule has 180 valence electrons. The Morgan fingerprint density at radius 3 is 2.94 bits per heavy atom. The Morgan fingerprint density at radius 2 is 2.18 bits per heavy atom. The Balaban J connectivity index is 1.46. The van der Waals surface area contributed by atoms with Crippen LogP contribution in [0.4, 0.5) is 5.82 Å². The number of anilines is 1. The molecule has 2 heterocycles. The number of nitrogens with zero attached hydrogens (tertiary/aromatic N) is 4. The molecule has 4 rings (SSSR count). The number of hydrogen-bond acceptors (Lipinski definition) is 8. The van der Waals surface area contributed by atoms with Crippen LogP contribution in [0.25, 0.3) is 0 Å². The van der Waals surface area contributed by atoms with Crippen LogP contribution in [-0.4, -0.2) is 46.6 Å². The maximum atomic E-state index is 13.3. The second kappa shape index (κ2) is 10.5. The first-order valence-electron chi connectivity index (χ1n) is 10.4. The minimum Gasteiger partial charge on any atom is -0.367 e. The Morgan fingerprint density at radius 1 is 1.35 bits per heavy atom. The summed E-state index contributed by atoms with van der Waals surface area (Å²) in [6.07, 6.45) is 6.56. The summed E-state index contributed by atoms with van der Waals surface area (Å²) >= 11 is 9.80. The summed E-state index contributed by atoms with van der Waals surface area (Å²) in [6, 6.07) is 7.76. The number of rotatable bonds is 9. The normalized spacial score (nSPS) is 18.2. The first-order valence-corrected chi connectivity index (χ1v) is 13.1. The summed E-state index contributed by atoms with van der Waals surface area (Å²) in [5.41, 5.74) is 1.36. The Labute approximate surface area is 210 Å². The molecule has 2 atom stereocenters. The highest BCUT2D eigenvalue weighted by atomic mass is 79.9. The molecule has 0 spiro atoms. The van der Waals surface area contributed by atoms with E-state index in [-0.39, 0.29) is 34.8 Å². The van der Waals surface area contributed by atoms with Gasteiger partial charge in [-0.3, -0.25) is 13.7 Å². The van der Waals surface area contributed by atoms with Crippen LogP contribution in [0.1, 0.15) is 40.9 Å². The monoisotopic (exact) mass is 568 g/mol. The number of hydrogen-bond donors (Lipinski definition) is 2. The zero-order chi connectivity index (χ0) is 24.3. The number of carbonyl (C=O) groups excluding carboxylic acids is 1. The lowest BCUT2D eigenvalue weighted by molar-refractivity contribution is 0.103. The molecule has 1 fully saturated rings. The third kappa shape index (κ3) is 6.39. The van der Waals surface area contributed by atoms with Gasteiger partial charge in [0.1, 0.15) is 12.1 Å². The van der Waals surface area contributed by atoms with Crippen LogP contribution in [0.2, 0.25) is 5.02 Å². The Kier molecular flexibility index (Phi) is 7.63. The third-order valence-electron chi connectivity index (χ3n) is 5.47. The van der Waals surface area contributed by atoms with Crippen molar-refractivity contribution in [1.82, 2.24) is 19.7 Å². The van der Waals surface area contributed by atoms with Crippen molar-refractivity contribution in [3.63, 3.8) is 0 Å². The van der Waals surface area contributed by atoms with E-state index in [1.54, 1.807) is 10.9 Å². The molecule has 0 aliphatic heterocycles. The quantitative estimate of drug-likeness (QED) is 0.374.